The molecule has 1 aliphatic heterocycles. The molecule has 3 rings (SSSR count). The summed E-state index contributed by atoms with van der Waals surface area (Å²) in [5.41, 5.74) is 1.94. The summed E-state index contributed by atoms with van der Waals surface area (Å²) in [5, 5.41) is 5.78. The number of anilines is 2. The van der Waals surface area contributed by atoms with E-state index in [1.54, 1.807) is 0 Å². The SMILES string of the molecule is O=C(CC(=O)NC1CCCCC1)Nc1ccc(N2CCCC2)cc1. The van der Waals surface area contributed by atoms with Gasteiger partial charge in [-0.1, -0.05) is 19.3 Å². The Hall–Kier alpha value is -2.04. The quantitative estimate of drug-likeness (QED) is 0.816. The van der Waals surface area contributed by atoms with Crippen LogP contribution in [0.25, 0.3) is 0 Å². The van der Waals surface area contributed by atoms with E-state index in [-0.39, 0.29) is 24.3 Å². The lowest BCUT2D eigenvalue weighted by atomic mass is 9.95. The predicted molar refractivity (Wildman–Crippen MR) is 96.2 cm³/mol. The second kappa shape index (κ2) is 8.18. The van der Waals surface area contributed by atoms with Crippen molar-refractivity contribution < 1.29 is 9.59 Å². The van der Waals surface area contributed by atoms with Gasteiger partial charge < -0.3 is 15.5 Å². The second-order valence-corrected chi connectivity index (χ2v) is 6.87. The molecule has 2 aliphatic rings. The lowest BCUT2D eigenvalue weighted by molar-refractivity contribution is -0.127. The Morgan fingerprint density at radius 2 is 1.58 bits per heavy atom. The Labute approximate surface area is 143 Å². The number of nitrogens with one attached hydrogen (secondary N) is 2. The van der Waals surface area contributed by atoms with Crippen molar-refractivity contribution in [2.45, 2.75) is 57.4 Å². The summed E-state index contributed by atoms with van der Waals surface area (Å²) in [5.74, 6) is -0.426. The van der Waals surface area contributed by atoms with E-state index < -0.39 is 0 Å². The van der Waals surface area contributed by atoms with Crippen LogP contribution in [0.15, 0.2) is 24.3 Å². The van der Waals surface area contributed by atoms with Gasteiger partial charge in [0.2, 0.25) is 11.8 Å². The molecular formula is C19H27N3O2. The zero-order valence-corrected chi connectivity index (χ0v) is 14.2. The van der Waals surface area contributed by atoms with Crippen molar-refractivity contribution in [3.05, 3.63) is 24.3 Å². The van der Waals surface area contributed by atoms with Crippen LogP contribution in [0, 0.1) is 0 Å². The second-order valence-electron chi connectivity index (χ2n) is 6.87. The summed E-state index contributed by atoms with van der Waals surface area (Å²) in [4.78, 5) is 26.3. The van der Waals surface area contributed by atoms with Crippen LogP contribution in [-0.4, -0.2) is 30.9 Å². The van der Waals surface area contributed by atoms with Crippen LogP contribution < -0.4 is 15.5 Å². The molecule has 0 radical (unpaired) electrons. The van der Waals surface area contributed by atoms with E-state index in [1.807, 2.05) is 24.3 Å². The van der Waals surface area contributed by atoms with Gasteiger partial charge in [-0.25, -0.2) is 0 Å². The minimum absolute atomic E-state index is 0.107. The molecule has 0 aromatic heterocycles. The van der Waals surface area contributed by atoms with Crippen LogP contribution in [0.4, 0.5) is 11.4 Å². The fraction of sp³-hybridized carbons (Fsp3) is 0.579. The smallest absolute Gasteiger partial charge is 0.233 e. The number of hydrogen-bond acceptors (Lipinski definition) is 3. The summed E-state index contributed by atoms with van der Waals surface area (Å²) in [7, 11) is 0. The topological polar surface area (TPSA) is 61.4 Å². The van der Waals surface area contributed by atoms with Gasteiger partial charge >= 0.3 is 0 Å². The normalized spacial score (nSPS) is 18.4. The van der Waals surface area contributed by atoms with Gasteiger partial charge in [0.1, 0.15) is 6.42 Å². The molecule has 0 spiro atoms. The van der Waals surface area contributed by atoms with Crippen molar-refractivity contribution in [3.63, 3.8) is 0 Å². The van der Waals surface area contributed by atoms with E-state index in [4.69, 9.17) is 0 Å². The Morgan fingerprint density at radius 1 is 0.917 bits per heavy atom. The highest BCUT2D eigenvalue weighted by Crippen LogP contribution is 2.22. The van der Waals surface area contributed by atoms with Gasteiger partial charge in [0.15, 0.2) is 0 Å². The maximum absolute atomic E-state index is 12.0. The van der Waals surface area contributed by atoms with Crippen LogP contribution in [0.5, 0.6) is 0 Å². The molecule has 130 valence electrons. The van der Waals surface area contributed by atoms with Crippen LogP contribution in [0.3, 0.4) is 0 Å². The zero-order valence-electron chi connectivity index (χ0n) is 14.2. The summed E-state index contributed by atoms with van der Waals surface area (Å²) < 4.78 is 0. The van der Waals surface area contributed by atoms with E-state index in [9.17, 15) is 9.59 Å². The van der Waals surface area contributed by atoms with Gasteiger partial charge in [0, 0.05) is 30.5 Å². The van der Waals surface area contributed by atoms with Crippen LogP contribution >= 0.6 is 0 Å². The molecule has 1 saturated carbocycles. The molecule has 2 fully saturated rings. The number of rotatable bonds is 5. The minimum Gasteiger partial charge on any atom is -0.372 e. The average molecular weight is 329 g/mol. The predicted octanol–water partition coefficient (Wildman–Crippen LogP) is 3.06. The number of carbonyl (C=O) groups is 2. The first-order valence-corrected chi connectivity index (χ1v) is 9.15. The highest BCUT2D eigenvalue weighted by molar-refractivity contribution is 6.03. The van der Waals surface area contributed by atoms with E-state index >= 15 is 0 Å². The largest absolute Gasteiger partial charge is 0.372 e. The van der Waals surface area contributed by atoms with Crippen molar-refractivity contribution in [2.24, 2.45) is 0 Å². The Morgan fingerprint density at radius 3 is 2.25 bits per heavy atom. The molecular weight excluding hydrogens is 302 g/mol. The van der Waals surface area contributed by atoms with Crippen molar-refractivity contribution in [3.8, 4) is 0 Å². The molecule has 2 amide bonds. The van der Waals surface area contributed by atoms with Crippen molar-refractivity contribution in [1.82, 2.24) is 5.32 Å². The van der Waals surface area contributed by atoms with Crippen LogP contribution in [0.1, 0.15) is 51.4 Å². The lowest BCUT2D eigenvalue weighted by Crippen LogP contribution is -2.37. The van der Waals surface area contributed by atoms with Crippen molar-refractivity contribution in [1.29, 1.82) is 0 Å². The highest BCUT2D eigenvalue weighted by atomic mass is 16.2. The molecule has 1 aromatic carbocycles. The first-order chi connectivity index (χ1) is 11.7. The number of hydrogen-bond donors (Lipinski definition) is 2. The lowest BCUT2D eigenvalue weighted by Gasteiger charge is -2.22. The molecule has 1 aromatic rings. The molecule has 1 aliphatic carbocycles. The monoisotopic (exact) mass is 329 g/mol. The molecule has 0 bridgehead atoms. The van der Waals surface area contributed by atoms with Gasteiger partial charge in [-0.05, 0) is 49.9 Å². The van der Waals surface area contributed by atoms with Gasteiger partial charge in [-0.2, -0.15) is 0 Å². The summed E-state index contributed by atoms with van der Waals surface area (Å²) >= 11 is 0. The van der Waals surface area contributed by atoms with Crippen molar-refractivity contribution >= 4 is 23.2 Å². The molecule has 0 unspecified atom stereocenters. The standard InChI is InChI=1S/C19H27N3O2/c23-18(20-15-6-2-1-3-7-15)14-19(24)21-16-8-10-17(11-9-16)22-12-4-5-13-22/h8-11,15H,1-7,12-14H2,(H,20,23)(H,21,24). The number of nitrogens with zero attached hydrogens (tertiary/aromatic N) is 1. The van der Waals surface area contributed by atoms with Gasteiger partial charge in [0.05, 0.1) is 0 Å². The van der Waals surface area contributed by atoms with Gasteiger partial charge in [-0.3, -0.25) is 9.59 Å². The van der Waals surface area contributed by atoms with Gasteiger partial charge in [-0.15, -0.1) is 0 Å². The zero-order chi connectivity index (χ0) is 16.8. The fourth-order valence-electron chi connectivity index (χ4n) is 3.61. The minimum atomic E-state index is -0.253. The highest BCUT2D eigenvalue weighted by Gasteiger charge is 2.17. The molecule has 24 heavy (non-hydrogen) atoms. The average Bonchev–Trinajstić information content (AvgIpc) is 3.10. The number of carbonyl (C=O) groups excluding carboxylic acids is 2. The third-order valence-corrected chi connectivity index (χ3v) is 4.91. The maximum Gasteiger partial charge on any atom is 0.233 e. The van der Waals surface area contributed by atoms with Crippen molar-refractivity contribution in [2.75, 3.05) is 23.3 Å². The molecule has 1 heterocycles. The maximum atomic E-state index is 12.0. The van der Waals surface area contributed by atoms with Gasteiger partial charge in [0.25, 0.3) is 0 Å². The number of amides is 2. The van der Waals surface area contributed by atoms with Crippen LogP contribution in [0.2, 0.25) is 0 Å². The Bertz CT molecular complexity index is 558. The fourth-order valence-corrected chi connectivity index (χ4v) is 3.61. The third kappa shape index (κ3) is 4.73. The Kier molecular flexibility index (Phi) is 5.72. The summed E-state index contributed by atoms with van der Waals surface area (Å²) in [6.45, 7) is 2.21. The molecule has 1 saturated heterocycles. The molecule has 0 atom stereocenters. The first-order valence-electron chi connectivity index (χ1n) is 9.15. The summed E-state index contributed by atoms with van der Waals surface area (Å²) in [6.07, 6.45) is 8.03. The van der Waals surface area contributed by atoms with E-state index in [1.165, 1.54) is 37.8 Å². The molecule has 2 N–H and O–H groups in total. The number of benzene rings is 1. The summed E-state index contributed by atoms with van der Waals surface area (Å²) in [6, 6.07) is 8.13. The van der Waals surface area contributed by atoms with E-state index in [0.29, 0.717) is 0 Å². The third-order valence-electron chi connectivity index (χ3n) is 4.91. The van der Waals surface area contributed by atoms with E-state index in [2.05, 4.69) is 15.5 Å². The van der Waals surface area contributed by atoms with E-state index in [0.717, 1.165) is 31.6 Å². The Balaban J connectivity index is 1.44. The molecule has 5 heteroatoms. The molecule has 5 nitrogen and oxygen atoms in total. The first kappa shape index (κ1) is 16.8. The van der Waals surface area contributed by atoms with Crippen LogP contribution in [-0.2, 0) is 9.59 Å².